The van der Waals surface area contributed by atoms with Gasteiger partial charge in [-0.3, -0.25) is 9.20 Å². The van der Waals surface area contributed by atoms with Crippen molar-refractivity contribution in [1.82, 2.24) is 24.7 Å². The van der Waals surface area contributed by atoms with E-state index in [2.05, 4.69) is 34.0 Å². The van der Waals surface area contributed by atoms with Gasteiger partial charge in [-0.1, -0.05) is 18.6 Å². The number of imidazole rings is 1. The van der Waals surface area contributed by atoms with Crippen molar-refractivity contribution in [2.45, 2.75) is 19.9 Å². The molecule has 0 aliphatic carbocycles. The first-order valence-corrected chi connectivity index (χ1v) is 14.5. The molecule has 0 spiro atoms. The Labute approximate surface area is 262 Å². The molecular formula is C36H33N7O2. The van der Waals surface area contributed by atoms with Crippen LogP contribution in [0.4, 0.5) is 11.5 Å². The number of likely N-dealkylation sites (N-methyl/N-ethyl adjacent to an activating group) is 2. The maximum absolute atomic E-state index is 12.7. The van der Waals surface area contributed by atoms with E-state index in [1.54, 1.807) is 33.3 Å². The van der Waals surface area contributed by atoms with E-state index < -0.39 is 6.04 Å². The molecule has 4 aromatic heterocycles. The number of rotatable bonds is 6. The number of methoxy groups -OCH3 is 1. The summed E-state index contributed by atoms with van der Waals surface area (Å²) < 4.78 is 7.65. The number of amides is 1. The fourth-order valence-electron chi connectivity index (χ4n) is 5.16. The highest BCUT2D eigenvalue weighted by Gasteiger charge is 2.23. The number of nitrogens with one attached hydrogen (secondary N) is 2. The molecule has 0 saturated carbocycles. The van der Waals surface area contributed by atoms with Crippen LogP contribution in [0.1, 0.15) is 29.3 Å². The number of pyridine rings is 3. The number of benzene rings is 1. The maximum Gasteiger partial charge on any atom is 0.242 e. The van der Waals surface area contributed by atoms with Crippen LogP contribution in [-0.4, -0.2) is 52.5 Å². The number of aromatic nitrogens is 4. The van der Waals surface area contributed by atoms with Crippen LogP contribution in [0.25, 0.3) is 34.2 Å². The summed E-state index contributed by atoms with van der Waals surface area (Å²) in [6, 6.07) is 17.2. The van der Waals surface area contributed by atoms with E-state index in [4.69, 9.17) is 14.7 Å². The lowest BCUT2D eigenvalue weighted by Crippen LogP contribution is -2.35. The molecule has 1 aliphatic rings. The van der Waals surface area contributed by atoms with Crippen molar-refractivity contribution >= 4 is 29.1 Å². The van der Waals surface area contributed by atoms with E-state index in [0.717, 1.165) is 50.5 Å². The number of aryl methyl sites for hydroxylation is 1. The number of allylic oxidation sites excluding steroid dienone is 1. The van der Waals surface area contributed by atoms with Crippen molar-refractivity contribution in [3.63, 3.8) is 0 Å². The fraction of sp³-hybridized carbons (Fsp3) is 0.167. The van der Waals surface area contributed by atoms with Crippen molar-refractivity contribution < 1.29 is 9.53 Å². The van der Waals surface area contributed by atoms with E-state index in [1.165, 1.54) is 0 Å². The molecule has 0 radical (unpaired) electrons. The third kappa shape index (κ3) is 5.67. The molecule has 1 aromatic carbocycles. The minimum atomic E-state index is -0.398. The number of ether oxygens (including phenoxy) is 1. The van der Waals surface area contributed by atoms with Crippen molar-refractivity contribution in [3.8, 4) is 40.2 Å². The van der Waals surface area contributed by atoms with E-state index in [1.807, 2.05) is 90.2 Å². The van der Waals surface area contributed by atoms with E-state index in [9.17, 15) is 4.79 Å². The monoisotopic (exact) mass is 595 g/mol. The van der Waals surface area contributed by atoms with Gasteiger partial charge in [0.2, 0.25) is 11.8 Å². The molecule has 224 valence electrons. The Morgan fingerprint density at radius 1 is 1.04 bits per heavy atom. The zero-order chi connectivity index (χ0) is 31.7. The predicted molar refractivity (Wildman–Crippen MR) is 179 cm³/mol. The van der Waals surface area contributed by atoms with Crippen LogP contribution in [0.5, 0.6) is 5.88 Å². The van der Waals surface area contributed by atoms with Crippen molar-refractivity contribution in [2.75, 3.05) is 31.4 Å². The molecule has 1 amide bonds. The SMILES string of the molecule is C=C1C=Cc2cc(C#Cc3nc(NC(=O)[C@H](C)NC)ccc3-c3c(-c4cccnc4OC)nc4cc(C)ccn34)ccc2N1C. The van der Waals surface area contributed by atoms with Crippen LogP contribution in [0.3, 0.4) is 0 Å². The number of hydrogen-bond acceptors (Lipinski definition) is 7. The largest absolute Gasteiger partial charge is 0.481 e. The minimum absolute atomic E-state index is 0.199. The summed E-state index contributed by atoms with van der Waals surface area (Å²) in [6.45, 7) is 7.91. The van der Waals surface area contributed by atoms with Gasteiger partial charge in [-0.05, 0) is 98.6 Å². The standard InChI is InChI=1S/C36H33N7O2/c1-22-17-19-43-32(20-22)41-33(28-8-7-18-38-36(28)45-6)34(43)27-13-16-31(40-35(44)24(3)37-4)39-29(27)14-10-25-11-15-30-26(21-25)12-9-23(2)42(30)5/h7-9,11-13,15-21,24,37H,2H2,1,3-6H3,(H,39,40,44)/t24-/m0/s1. The zero-order valence-corrected chi connectivity index (χ0v) is 25.8. The second-order valence-corrected chi connectivity index (χ2v) is 10.8. The van der Waals surface area contributed by atoms with E-state index >= 15 is 0 Å². The minimum Gasteiger partial charge on any atom is -0.481 e. The molecule has 2 N–H and O–H groups in total. The van der Waals surface area contributed by atoms with Crippen molar-refractivity contribution in [1.29, 1.82) is 0 Å². The van der Waals surface area contributed by atoms with Crippen LogP contribution in [0.15, 0.2) is 85.3 Å². The molecule has 9 heteroatoms. The lowest BCUT2D eigenvalue weighted by Gasteiger charge is -2.25. The Morgan fingerprint density at radius 2 is 1.89 bits per heavy atom. The number of carbonyl (C=O) groups is 1. The Hall–Kier alpha value is -5.72. The van der Waals surface area contributed by atoms with Crippen LogP contribution in [0.2, 0.25) is 0 Å². The maximum atomic E-state index is 12.7. The van der Waals surface area contributed by atoms with Crippen LogP contribution >= 0.6 is 0 Å². The van der Waals surface area contributed by atoms with Gasteiger partial charge in [0.15, 0.2) is 0 Å². The average molecular weight is 596 g/mol. The first-order chi connectivity index (χ1) is 21.8. The molecule has 5 heterocycles. The summed E-state index contributed by atoms with van der Waals surface area (Å²) in [5.74, 6) is 7.28. The summed E-state index contributed by atoms with van der Waals surface area (Å²) >= 11 is 0. The molecule has 6 rings (SSSR count). The summed E-state index contributed by atoms with van der Waals surface area (Å²) in [7, 11) is 5.32. The molecule has 0 saturated heterocycles. The van der Waals surface area contributed by atoms with Gasteiger partial charge >= 0.3 is 0 Å². The number of fused-ring (bicyclic) bond motifs is 2. The highest BCUT2D eigenvalue weighted by molar-refractivity contribution is 5.94. The number of anilines is 2. The Morgan fingerprint density at radius 3 is 2.69 bits per heavy atom. The van der Waals surface area contributed by atoms with Gasteiger partial charge in [-0.15, -0.1) is 0 Å². The predicted octanol–water partition coefficient (Wildman–Crippen LogP) is 5.70. The molecule has 0 fully saturated rings. The Bertz CT molecular complexity index is 2070. The van der Waals surface area contributed by atoms with Gasteiger partial charge in [0.05, 0.1) is 24.4 Å². The number of hydrogen-bond donors (Lipinski definition) is 2. The van der Waals surface area contributed by atoms with Gasteiger partial charge in [0, 0.05) is 42.0 Å². The lowest BCUT2D eigenvalue weighted by atomic mass is 10.0. The Balaban J connectivity index is 1.55. The third-order valence-corrected chi connectivity index (χ3v) is 7.83. The average Bonchev–Trinajstić information content (AvgIpc) is 3.43. The molecule has 0 unspecified atom stereocenters. The van der Waals surface area contributed by atoms with E-state index in [-0.39, 0.29) is 5.91 Å². The molecule has 9 nitrogen and oxygen atoms in total. The highest BCUT2D eigenvalue weighted by atomic mass is 16.5. The van der Waals surface area contributed by atoms with Gasteiger partial charge in [0.25, 0.3) is 0 Å². The number of carbonyl (C=O) groups excluding carboxylic acids is 1. The third-order valence-electron chi connectivity index (χ3n) is 7.83. The highest BCUT2D eigenvalue weighted by Crippen LogP contribution is 2.38. The van der Waals surface area contributed by atoms with Gasteiger partial charge in [0.1, 0.15) is 22.9 Å². The van der Waals surface area contributed by atoms with Gasteiger partial charge in [-0.2, -0.15) is 0 Å². The van der Waals surface area contributed by atoms with Crippen molar-refractivity contribution in [3.05, 3.63) is 108 Å². The number of nitrogens with zero attached hydrogens (tertiary/aromatic N) is 5. The molecule has 0 bridgehead atoms. The van der Waals surface area contributed by atoms with Gasteiger partial charge < -0.3 is 20.3 Å². The normalized spacial score (nSPS) is 12.8. The summed E-state index contributed by atoms with van der Waals surface area (Å²) in [5.41, 5.74) is 9.12. The molecule has 1 aliphatic heterocycles. The zero-order valence-electron chi connectivity index (χ0n) is 25.8. The topological polar surface area (TPSA) is 96.7 Å². The van der Waals surface area contributed by atoms with Crippen molar-refractivity contribution in [2.24, 2.45) is 0 Å². The lowest BCUT2D eigenvalue weighted by molar-refractivity contribution is -0.117. The quantitative estimate of drug-likeness (QED) is 0.243. The van der Waals surface area contributed by atoms with Crippen LogP contribution in [-0.2, 0) is 4.79 Å². The molecule has 45 heavy (non-hydrogen) atoms. The smallest absolute Gasteiger partial charge is 0.242 e. The first-order valence-electron chi connectivity index (χ1n) is 14.5. The first kappa shape index (κ1) is 29.4. The van der Waals surface area contributed by atoms with Gasteiger partial charge in [-0.25, -0.2) is 15.0 Å². The summed E-state index contributed by atoms with van der Waals surface area (Å²) in [6.07, 6.45) is 7.70. The van der Waals surface area contributed by atoms with Crippen LogP contribution in [0, 0.1) is 18.8 Å². The second-order valence-electron chi connectivity index (χ2n) is 10.8. The van der Waals surface area contributed by atoms with Crippen LogP contribution < -0.4 is 20.3 Å². The fourth-order valence-corrected chi connectivity index (χ4v) is 5.16. The molecule has 1 atom stereocenters. The molecule has 5 aromatic rings. The Kier molecular flexibility index (Phi) is 7.90. The summed E-state index contributed by atoms with van der Waals surface area (Å²) in [5, 5.41) is 5.87. The second kappa shape index (κ2) is 12.1. The molecular weight excluding hydrogens is 562 g/mol. The summed E-state index contributed by atoms with van der Waals surface area (Å²) in [4.78, 5) is 29.1. The van der Waals surface area contributed by atoms with E-state index in [0.29, 0.717) is 23.1 Å².